The van der Waals surface area contributed by atoms with Crippen molar-refractivity contribution in [2.24, 2.45) is 11.8 Å². The fourth-order valence-electron chi connectivity index (χ4n) is 1.81. The predicted octanol–water partition coefficient (Wildman–Crippen LogP) is 1.04. The Morgan fingerprint density at radius 2 is 2.17 bits per heavy atom. The van der Waals surface area contributed by atoms with E-state index in [4.69, 9.17) is 0 Å². The lowest BCUT2D eigenvalue weighted by atomic mass is 9.83. The maximum absolute atomic E-state index is 11.1. The molecule has 2 unspecified atom stereocenters. The average Bonchev–Trinajstić information content (AvgIpc) is 2.28. The highest BCUT2D eigenvalue weighted by Gasteiger charge is 2.44. The number of ether oxygens (including phenoxy) is 1. The van der Waals surface area contributed by atoms with Gasteiger partial charge in [0.15, 0.2) is 0 Å². The molecule has 0 aromatic heterocycles. The summed E-state index contributed by atoms with van der Waals surface area (Å²) >= 11 is 0. The smallest absolute Gasteiger partial charge is 0.321 e. The van der Waals surface area contributed by atoms with Crippen LogP contribution in [0.3, 0.4) is 0 Å². The molecular weight excluding hydrogens is 156 g/mol. The van der Waals surface area contributed by atoms with E-state index in [9.17, 15) is 9.59 Å². The monoisotopic (exact) mass is 166 g/mol. The van der Waals surface area contributed by atoms with Gasteiger partial charge in [-0.15, -0.1) is 0 Å². The number of fused-ring (bicyclic) bond motifs is 1. The van der Waals surface area contributed by atoms with Crippen LogP contribution in [0.15, 0.2) is 11.6 Å². The van der Waals surface area contributed by atoms with Gasteiger partial charge in [0, 0.05) is 0 Å². The summed E-state index contributed by atoms with van der Waals surface area (Å²) in [5.74, 6) is -1.19. The Labute approximate surface area is 70.4 Å². The summed E-state index contributed by atoms with van der Waals surface area (Å²) in [7, 11) is 0. The molecule has 0 amide bonds. The van der Waals surface area contributed by atoms with E-state index in [0.29, 0.717) is 0 Å². The quantitative estimate of drug-likeness (QED) is 0.307. The van der Waals surface area contributed by atoms with Gasteiger partial charge in [0.2, 0.25) is 0 Å². The highest BCUT2D eigenvalue weighted by Crippen LogP contribution is 2.34. The maximum atomic E-state index is 11.1. The van der Waals surface area contributed by atoms with Gasteiger partial charge >= 0.3 is 11.9 Å². The van der Waals surface area contributed by atoms with E-state index < -0.39 is 0 Å². The Bertz CT molecular complexity index is 277. The Kier molecular flexibility index (Phi) is 1.53. The highest BCUT2D eigenvalue weighted by atomic mass is 16.6. The Morgan fingerprint density at radius 3 is 2.92 bits per heavy atom. The molecule has 2 atom stereocenters. The third-order valence-electron chi connectivity index (χ3n) is 2.52. The molecule has 1 heterocycles. The number of hydrogen-bond donors (Lipinski definition) is 0. The first-order valence-electron chi connectivity index (χ1n) is 4.11. The lowest BCUT2D eigenvalue weighted by Crippen LogP contribution is -2.19. The minimum atomic E-state index is -0.371. The van der Waals surface area contributed by atoms with Crippen LogP contribution >= 0.6 is 0 Å². The highest BCUT2D eigenvalue weighted by molar-refractivity contribution is 5.97. The van der Waals surface area contributed by atoms with Crippen molar-refractivity contribution in [1.29, 1.82) is 0 Å². The molecule has 0 bridgehead atoms. The third kappa shape index (κ3) is 0.967. The summed E-state index contributed by atoms with van der Waals surface area (Å²) in [6.07, 6.45) is 3.53. The molecule has 0 aromatic carbocycles. The van der Waals surface area contributed by atoms with Gasteiger partial charge in [-0.25, -0.2) is 0 Å². The Balaban J connectivity index is 2.32. The standard InChI is InChI=1S/C9H10O3/c1-5-2-3-6-7(4-5)9(11)12-8(6)10/h4,6-7H,2-3H2,1H3. The number of hydrogen-bond acceptors (Lipinski definition) is 3. The van der Waals surface area contributed by atoms with Gasteiger partial charge in [0.1, 0.15) is 0 Å². The Hall–Kier alpha value is -1.12. The lowest BCUT2D eigenvalue weighted by molar-refractivity contribution is -0.153. The third-order valence-corrected chi connectivity index (χ3v) is 2.52. The fraction of sp³-hybridized carbons (Fsp3) is 0.556. The van der Waals surface area contributed by atoms with Crippen LogP contribution in [-0.2, 0) is 14.3 Å². The molecule has 0 saturated carbocycles. The molecular formula is C9H10O3. The summed E-state index contributed by atoms with van der Waals surface area (Å²) in [6, 6.07) is 0. The van der Waals surface area contributed by atoms with E-state index in [1.165, 1.54) is 5.57 Å². The van der Waals surface area contributed by atoms with E-state index in [1.54, 1.807) is 0 Å². The number of carbonyl (C=O) groups is 2. The number of allylic oxidation sites excluding steroid dienone is 1. The molecule has 1 saturated heterocycles. The largest absolute Gasteiger partial charge is 0.392 e. The zero-order valence-electron chi connectivity index (χ0n) is 6.87. The van der Waals surface area contributed by atoms with E-state index in [1.807, 2.05) is 13.0 Å². The van der Waals surface area contributed by atoms with Gasteiger partial charge in [-0.2, -0.15) is 0 Å². The molecule has 0 aromatic rings. The number of carbonyl (C=O) groups excluding carboxylic acids is 2. The van der Waals surface area contributed by atoms with Crippen LogP contribution in [-0.4, -0.2) is 11.9 Å². The molecule has 1 aliphatic heterocycles. The van der Waals surface area contributed by atoms with Crippen LogP contribution in [0.4, 0.5) is 0 Å². The van der Waals surface area contributed by atoms with Crippen LogP contribution in [0.2, 0.25) is 0 Å². The molecule has 0 radical (unpaired) electrons. The normalized spacial score (nSPS) is 34.2. The average molecular weight is 166 g/mol. The zero-order valence-corrected chi connectivity index (χ0v) is 6.87. The van der Waals surface area contributed by atoms with E-state index in [-0.39, 0.29) is 23.8 Å². The van der Waals surface area contributed by atoms with Crippen LogP contribution in [0.5, 0.6) is 0 Å². The van der Waals surface area contributed by atoms with Crippen molar-refractivity contribution in [3.8, 4) is 0 Å². The zero-order chi connectivity index (χ0) is 8.72. The van der Waals surface area contributed by atoms with Crippen molar-refractivity contribution in [1.82, 2.24) is 0 Å². The lowest BCUT2D eigenvalue weighted by Gasteiger charge is -2.16. The van der Waals surface area contributed by atoms with Crippen molar-refractivity contribution in [3.05, 3.63) is 11.6 Å². The van der Waals surface area contributed by atoms with Crippen LogP contribution in [0.1, 0.15) is 19.8 Å². The van der Waals surface area contributed by atoms with Gasteiger partial charge in [-0.05, 0) is 19.8 Å². The molecule has 2 aliphatic rings. The van der Waals surface area contributed by atoms with Crippen LogP contribution < -0.4 is 0 Å². The summed E-state index contributed by atoms with van der Waals surface area (Å²) in [5.41, 5.74) is 1.18. The van der Waals surface area contributed by atoms with Gasteiger partial charge < -0.3 is 4.74 Å². The van der Waals surface area contributed by atoms with Crippen LogP contribution in [0, 0.1) is 11.8 Å². The summed E-state index contributed by atoms with van der Waals surface area (Å²) in [4.78, 5) is 22.1. The van der Waals surface area contributed by atoms with Gasteiger partial charge in [-0.1, -0.05) is 11.6 Å². The number of esters is 2. The van der Waals surface area contributed by atoms with Gasteiger partial charge in [0.05, 0.1) is 11.8 Å². The second kappa shape index (κ2) is 2.44. The molecule has 0 spiro atoms. The molecule has 1 aliphatic carbocycles. The summed E-state index contributed by atoms with van der Waals surface area (Å²) < 4.78 is 4.53. The summed E-state index contributed by atoms with van der Waals surface area (Å²) in [5, 5.41) is 0. The van der Waals surface area contributed by atoms with Gasteiger partial charge in [-0.3, -0.25) is 9.59 Å². The number of rotatable bonds is 0. The van der Waals surface area contributed by atoms with Crippen LogP contribution in [0.25, 0.3) is 0 Å². The molecule has 0 N–H and O–H groups in total. The van der Waals surface area contributed by atoms with E-state index in [0.717, 1.165) is 12.8 Å². The summed E-state index contributed by atoms with van der Waals surface area (Å²) in [6.45, 7) is 1.98. The van der Waals surface area contributed by atoms with Gasteiger partial charge in [0.25, 0.3) is 0 Å². The minimum Gasteiger partial charge on any atom is -0.392 e. The molecule has 3 nitrogen and oxygen atoms in total. The van der Waals surface area contributed by atoms with Crippen molar-refractivity contribution in [2.45, 2.75) is 19.8 Å². The maximum Gasteiger partial charge on any atom is 0.321 e. The predicted molar refractivity (Wildman–Crippen MR) is 41.1 cm³/mol. The first-order valence-corrected chi connectivity index (χ1v) is 4.11. The van der Waals surface area contributed by atoms with Crippen molar-refractivity contribution >= 4 is 11.9 Å². The first kappa shape index (κ1) is 7.53. The molecule has 12 heavy (non-hydrogen) atoms. The molecule has 1 fully saturated rings. The van der Waals surface area contributed by atoms with E-state index >= 15 is 0 Å². The number of cyclic esters (lactones) is 2. The minimum absolute atomic E-state index is 0.193. The van der Waals surface area contributed by atoms with Crippen molar-refractivity contribution in [3.63, 3.8) is 0 Å². The fourth-order valence-corrected chi connectivity index (χ4v) is 1.81. The van der Waals surface area contributed by atoms with Crippen molar-refractivity contribution < 1.29 is 14.3 Å². The Morgan fingerprint density at radius 1 is 1.42 bits per heavy atom. The van der Waals surface area contributed by atoms with Crippen molar-refractivity contribution in [2.75, 3.05) is 0 Å². The van der Waals surface area contributed by atoms with E-state index in [2.05, 4.69) is 4.74 Å². The topological polar surface area (TPSA) is 43.4 Å². The second-order valence-electron chi connectivity index (χ2n) is 3.42. The second-order valence-corrected chi connectivity index (χ2v) is 3.42. The molecule has 2 rings (SSSR count). The molecule has 3 heteroatoms. The first-order chi connectivity index (χ1) is 5.68. The molecule has 64 valence electrons. The SMILES string of the molecule is CC1=CC2C(=O)OC(=O)C2CC1.